The number of benzene rings is 1. The maximum Gasteiger partial charge on any atom is 0.283 e. The summed E-state index contributed by atoms with van der Waals surface area (Å²) in [5.74, 6) is -0.159. The van der Waals surface area contributed by atoms with E-state index in [1.54, 1.807) is 26.1 Å². The molecule has 1 aromatic carbocycles. The summed E-state index contributed by atoms with van der Waals surface area (Å²) in [5, 5.41) is -0.189. The van der Waals surface area contributed by atoms with Crippen molar-refractivity contribution in [3.63, 3.8) is 0 Å². The van der Waals surface area contributed by atoms with E-state index in [1.165, 1.54) is 4.40 Å². The highest BCUT2D eigenvalue weighted by Gasteiger charge is 2.26. The molecule has 4 rings (SSSR count). The Morgan fingerprint density at radius 2 is 2.04 bits per heavy atom. The Balaban J connectivity index is 1.92. The molecular weight excluding hydrogens is 398 g/mol. The van der Waals surface area contributed by atoms with Gasteiger partial charge in [-0.25, -0.2) is 12.8 Å². The summed E-state index contributed by atoms with van der Waals surface area (Å²) in [4.78, 5) is 21.0. The van der Waals surface area contributed by atoms with Crippen LogP contribution in [0.4, 0.5) is 11.5 Å². The molecule has 0 saturated carbocycles. The van der Waals surface area contributed by atoms with Gasteiger partial charge in [0.25, 0.3) is 5.56 Å². The van der Waals surface area contributed by atoms with E-state index < -0.39 is 15.4 Å². The Morgan fingerprint density at radius 3 is 2.79 bits per heavy atom. The zero-order chi connectivity index (χ0) is 20.1. The predicted molar refractivity (Wildman–Crippen MR) is 111 cm³/mol. The molecule has 0 unspecified atom stereocenters. The van der Waals surface area contributed by atoms with Crippen LogP contribution >= 0.6 is 11.5 Å². The highest BCUT2D eigenvalue weighted by atomic mass is 32.2. The van der Waals surface area contributed by atoms with E-state index in [-0.39, 0.29) is 33.2 Å². The number of hydrogen-bond acceptors (Lipinski definition) is 8. The average Bonchev–Trinajstić information content (AvgIpc) is 3.22. The number of para-hydroxylation sites is 1. The highest BCUT2D eigenvalue weighted by molar-refractivity contribution is 7.91. The van der Waals surface area contributed by atoms with Crippen molar-refractivity contribution in [1.82, 2.24) is 13.8 Å². The molecule has 0 saturated heterocycles. The summed E-state index contributed by atoms with van der Waals surface area (Å²) in [7, 11) is -3.68. The second kappa shape index (κ2) is 6.64. The van der Waals surface area contributed by atoms with Crippen molar-refractivity contribution in [3.05, 3.63) is 45.7 Å². The second-order valence-corrected chi connectivity index (χ2v) is 9.51. The van der Waals surface area contributed by atoms with E-state index in [0.29, 0.717) is 5.57 Å². The van der Waals surface area contributed by atoms with Crippen molar-refractivity contribution in [1.29, 1.82) is 0 Å². The molecule has 0 bridgehead atoms. The van der Waals surface area contributed by atoms with E-state index in [2.05, 4.69) is 14.3 Å². The third-order valence-corrected chi connectivity index (χ3v) is 6.97. The quantitative estimate of drug-likeness (QED) is 0.699. The van der Waals surface area contributed by atoms with E-state index in [4.69, 9.17) is 5.73 Å². The fourth-order valence-corrected chi connectivity index (χ4v) is 5.80. The summed E-state index contributed by atoms with van der Waals surface area (Å²) in [6.07, 6.45) is 3.23. The lowest BCUT2D eigenvalue weighted by atomic mass is 10.1. The van der Waals surface area contributed by atoms with Crippen LogP contribution in [0, 0.1) is 5.92 Å². The Labute approximate surface area is 165 Å². The molecule has 28 heavy (non-hydrogen) atoms. The smallest absolute Gasteiger partial charge is 0.283 e. The number of aromatic nitrogens is 3. The molecule has 0 aliphatic carbocycles. The van der Waals surface area contributed by atoms with Crippen LogP contribution in [-0.4, -0.2) is 34.1 Å². The molecule has 2 N–H and O–H groups in total. The number of nitrogens with zero attached hydrogens (tertiary/aromatic N) is 4. The number of sulfone groups is 1. The lowest BCUT2D eigenvalue weighted by Gasteiger charge is -2.08. The monoisotopic (exact) mass is 415 g/mol. The third-order valence-electron chi connectivity index (χ3n) is 4.22. The van der Waals surface area contributed by atoms with Gasteiger partial charge >= 0.3 is 0 Å². The van der Waals surface area contributed by atoms with Crippen molar-refractivity contribution in [2.24, 2.45) is 10.9 Å². The van der Waals surface area contributed by atoms with Gasteiger partial charge in [0.05, 0.1) is 17.0 Å². The van der Waals surface area contributed by atoms with Crippen LogP contribution in [0.1, 0.15) is 25.0 Å². The molecule has 3 aromatic rings. The zero-order valence-corrected chi connectivity index (χ0v) is 16.8. The first-order valence-electron chi connectivity index (χ1n) is 8.54. The normalized spacial score (nSPS) is 15.0. The van der Waals surface area contributed by atoms with Crippen LogP contribution in [-0.2, 0) is 9.84 Å². The molecule has 0 radical (unpaired) electrons. The first kappa shape index (κ1) is 18.5. The summed E-state index contributed by atoms with van der Waals surface area (Å²) in [6.45, 7) is 3.61. The van der Waals surface area contributed by atoms with E-state index in [1.807, 2.05) is 24.3 Å². The van der Waals surface area contributed by atoms with Crippen LogP contribution in [0.15, 0.2) is 39.2 Å². The Kier molecular flexibility index (Phi) is 4.39. The molecular formula is C18H17N5O3S2. The molecule has 144 valence electrons. The van der Waals surface area contributed by atoms with Gasteiger partial charge in [-0.05, 0) is 18.1 Å². The first-order chi connectivity index (χ1) is 13.3. The van der Waals surface area contributed by atoms with Crippen LogP contribution in [0.2, 0.25) is 0 Å². The highest BCUT2D eigenvalue weighted by Crippen LogP contribution is 2.32. The number of allylic oxidation sites excluding steroid dienone is 1. The second-order valence-electron chi connectivity index (χ2n) is 6.85. The first-order valence-corrected chi connectivity index (χ1v) is 11.0. The van der Waals surface area contributed by atoms with Gasteiger partial charge in [-0.1, -0.05) is 32.0 Å². The van der Waals surface area contributed by atoms with Gasteiger partial charge < -0.3 is 5.73 Å². The predicted octanol–water partition coefficient (Wildman–Crippen LogP) is 2.42. The van der Waals surface area contributed by atoms with Crippen molar-refractivity contribution in [3.8, 4) is 0 Å². The molecule has 8 nitrogen and oxygen atoms in total. The maximum absolute atomic E-state index is 12.7. The van der Waals surface area contributed by atoms with Crippen LogP contribution < -0.4 is 11.3 Å². The zero-order valence-electron chi connectivity index (χ0n) is 15.2. The van der Waals surface area contributed by atoms with Crippen molar-refractivity contribution >= 4 is 55.7 Å². The Morgan fingerprint density at radius 1 is 1.29 bits per heavy atom. The number of hydrogen-bond donors (Lipinski definition) is 1. The summed E-state index contributed by atoms with van der Waals surface area (Å²) in [5.41, 5.74) is 8.15. The number of rotatable bonds is 4. The van der Waals surface area contributed by atoms with Crippen molar-refractivity contribution in [2.75, 3.05) is 11.5 Å². The van der Waals surface area contributed by atoms with Gasteiger partial charge in [0.15, 0.2) is 0 Å². The number of aliphatic imine (C=N–C) groups is 1. The van der Waals surface area contributed by atoms with Gasteiger partial charge in [-0.3, -0.25) is 9.79 Å². The third kappa shape index (κ3) is 3.04. The molecule has 3 heterocycles. The molecule has 10 heteroatoms. The molecule has 2 aromatic heterocycles. The standard InChI is InChI=1S/C18H17N5O3S2/c1-10(2)9-28(25,26)18-22-27-17-21-16(24)13(15(19)23(17)18)7-11-8-20-14-6-4-3-5-12(11)14/h3-8,10H,9,19H2,1-2H3. The summed E-state index contributed by atoms with van der Waals surface area (Å²) >= 11 is 0.832. The average molecular weight is 416 g/mol. The largest absolute Gasteiger partial charge is 0.384 e. The number of nitrogen functional groups attached to an aromatic ring is 1. The SMILES string of the molecule is CC(C)CS(=O)(=O)c1nsc2nc(=O)c(C=C3C=Nc4ccccc43)c(N)n12. The lowest BCUT2D eigenvalue weighted by Crippen LogP contribution is -2.20. The van der Waals surface area contributed by atoms with Crippen LogP contribution in [0.25, 0.3) is 16.6 Å². The van der Waals surface area contributed by atoms with Gasteiger partial charge in [0.2, 0.25) is 20.0 Å². The minimum Gasteiger partial charge on any atom is -0.384 e. The fraction of sp³-hybridized carbons (Fsp3) is 0.222. The van der Waals surface area contributed by atoms with E-state index >= 15 is 0 Å². The number of anilines is 1. The number of nitrogens with two attached hydrogens (primary N) is 1. The molecule has 0 fully saturated rings. The minimum absolute atomic E-state index is 0.00337. The van der Waals surface area contributed by atoms with E-state index in [9.17, 15) is 13.2 Å². The topological polar surface area (TPSA) is 120 Å². The lowest BCUT2D eigenvalue weighted by molar-refractivity contribution is 0.573. The Bertz CT molecular complexity index is 1320. The molecule has 1 aliphatic heterocycles. The van der Waals surface area contributed by atoms with Crippen LogP contribution in [0.3, 0.4) is 0 Å². The molecule has 1 aliphatic rings. The fourth-order valence-electron chi connectivity index (χ4n) is 3.05. The van der Waals surface area contributed by atoms with Gasteiger partial charge in [-0.15, -0.1) is 0 Å². The van der Waals surface area contributed by atoms with Gasteiger partial charge in [0.1, 0.15) is 5.82 Å². The molecule has 0 spiro atoms. The van der Waals surface area contributed by atoms with Crippen LogP contribution in [0.5, 0.6) is 0 Å². The molecule has 0 amide bonds. The number of fused-ring (bicyclic) bond motifs is 2. The van der Waals surface area contributed by atoms with Gasteiger partial charge in [-0.2, -0.15) is 9.36 Å². The Hall–Kier alpha value is -2.85. The van der Waals surface area contributed by atoms with E-state index in [0.717, 1.165) is 22.8 Å². The summed E-state index contributed by atoms with van der Waals surface area (Å²) in [6, 6.07) is 7.50. The summed E-state index contributed by atoms with van der Waals surface area (Å²) < 4.78 is 30.7. The van der Waals surface area contributed by atoms with Crippen molar-refractivity contribution in [2.45, 2.75) is 19.0 Å². The minimum atomic E-state index is -3.68. The van der Waals surface area contributed by atoms with Crippen molar-refractivity contribution < 1.29 is 8.42 Å². The molecule has 0 atom stereocenters. The van der Waals surface area contributed by atoms with Gasteiger partial charge in [0, 0.05) is 28.9 Å². The maximum atomic E-state index is 12.7.